The fraction of sp³-hybridized carbons (Fsp3) is 0.280. The number of carboxylic acid groups (broad SMARTS) is 1. The highest BCUT2D eigenvalue weighted by molar-refractivity contribution is 5.86. The number of hydrogen-bond acceptors (Lipinski definition) is 6. The minimum absolute atomic E-state index is 0.0319. The number of aryl methyl sites for hydroxylation is 1. The highest BCUT2D eigenvalue weighted by atomic mass is 19.4. The van der Waals surface area contributed by atoms with E-state index < -0.39 is 18.2 Å². The maximum atomic E-state index is 12.8. The van der Waals surface area contributed by atoms with E-state index in [2.05, 4.69) is 14.7 Å². The van der Waals surface area contributed by atoms with E-state index in [1.54, 1.807) is 0 Å². The number of fused-ring (bicyclic) bond motifs is 3. The molecule has 1 aliphatic rings. The molecule has 0 fully saturated rings. The van der Waals surface area contributed by atoms with Crippen molar-refractivity contribution in [1.82, 2.24) is 14.7 Å². The Balaban J connectivity index is 1.41. The maximum Gasteiger partial charge on any atom is 0.425 e. The number of nitrogens with zero attached hydrogens (tertiary/aromatic N) is 4. The van der Waals surface area contributed by atoms with Crippen LogP contribution in [0.2, 0.25) is 0 Å². The zero-order chi connectivity index (χ0) is 25.6. The Bertz CT molecular complexity index is 1520. The molecule has 11 heteroatoms. The monoisotopic (exact) mass is 496 g/mol. The highest BCUT2D eigenvalue weighted by Gasteiger charge is 2.38. The Labute approximate surface area is 202 Å². The number of rotatable bonds is 6. The molecule has 36 heavy (non-hydrogen) atoms. The molecule has 2 aromatic heterocycles. The summed E-state index contributed by atoms with van der Waals surface area (Å²) in [5.41, 5.74) is 2.93. The Kier molecular flexibility index (Phi) is 5.67. The van der Waals surface area contributed by atoms with Gasteiger partial charge in [-0.1, -0.05) is 5.16 Å². The molecule has 2 aromatic carbocycles. The molecule has 4 aromatic rings. The van der Waals surface area contributed by atoms with Gasteiger partial charge in [-0.25, -0.2) is 0 Å². The van der Waals surface area contributed by atoms with Crippen LogP contribution in [0.25, 0.3) is 33.7 Å². The molecule has 0 bridgehead atoms. The third-order valence-corrected chi connectivity index (χ3v) is 6.27. The van der Waals surface area contributed by atoms with Crippen LogP contribution in [0.5, 0.6) is 5.75 Å². The number of nitriles is 1. The van der Waals surface area contributed by atoms with Crippen molar-refractivity contribution < 1.29 is 32.3 Å². The zero-order valence-corrected chi connectivity index (χ0v) is 18.9. The molecule has 1 N–H and O–H groups in total. The predicted octanol–water partition coefficient (Wildman–Crippen LogP) is 5.52. The first kappa shape index (κ1) is 23.4. The van der Waals surface area contributed by atoms with Crippen molar-refractivity contribution in [1.29, 1.82) is 5.26 Å². The predicted molar refractivity (Wildman–Crippen MR) is 121 cm³/mol. The van der Waals surface area contributed by atoms with Gasteiger partial charge in [0.15, 0.2) is 6.10 Å². The summed E-state index contributed by atoms with van der Waals surface area (Å²) in [5.74, 6) is -0.662. The van der Waals surface area contributed by atoms with Gasteiger partial charge in [0, 0.05) is 40.2 Å². The second-order valence-corrected chi connectivity index (χ2v) is 8.63. The first-order chi connectivity index (χ1) is 17.1. The Morgan fingerprint density at radius 2 is 2.06 bits per heavy atom. The molecule has 0 amide bonds. The minimum atomic E-state index is -4.56. The maximum absolute atomic E-state index is 12.8. The number of aromatic nitrogens is 3. The van der Waals surface area contributed by atoms with E-state index in [0.29, 0.717) is 17.0 Å². The molecular weight excluding hydrogens is 477 g/mol. The molecule has 0 spiro atoms. The lowest BCUT2D eigenvalue weighted by Gasteiger charge is -2.18. The second kappa shape index (κ2) is 8.71. The van der Waals surface area contributed by atoms with Crippen LogP contribution in [0.3, 0.4) is 0 Å². The molecule has 0 radical (unpaired) electrons. The molecular formula is C25H19F3N4O4. The van der Waals surface area contributed by atoms with Crippen molar-refractivity contribution in [2.75, 3.05) is 0 Å². The third-order valence-electron chi connectivity index (χ3n) is 6.27. The largest absolute Gasteiger partial charge is 0.481 e. The molecule has 2 atom stereocenters. The lowest BCUT2D eigenvalue weighted by Crippen LogP contribution is -2.31. The lowest BCUT2D eigenvalue weighted by atomic mass is 10.0. The standard InChI is InChI=1S/C25H19F3N4O4/c1-13(25(26,27)28)35-21-5-3-16(9-18(21)12-29)24-30-23(31-36-24)15-2-4-19-17(8-15)10-20-14(11-22(33)34)6-7-32(19)20/h2-5,8-10,13-14H,6-7,11H2,1H3,(H,33,34)/t13-,14?/m1/s1. The van der Waals surface area contributed by atoms with Crippen LogP contribution in [0.4, 0.5) is 13.2 Å². The summed E-state index contributed by atoms with van der Waals surface area (Å²) in [7, 11) is 0. The van der Waals surface area contributed by atoms with E-state index in [9.17, 15) is 28.3 Å². The van der Waals surface area contributed by atoms with Gasteiger partial charge in [0.1, 0.15) is 11.8 Å². The Hall–Kier alpha value is -4.33. The van der Waals surface area contributed by atoms with Crippen molar-refractivity contribution >= 4 is 16.9 Å². The number of carboxylic acids is 1. The molecule has 184 valence electrons. The van der Waals surface area contributed by atoms with Crippen LogP contribution in [-0.4, -0.2) is 38.1 Å². The molecule has 0 aliphatic carbocycles. The molecule has 5 rings (SSSR count). The summed E-state index contributed by atoms with van der Waals surface area (Å²) in [4.78, 5) is 15.6. The first-order valence-electron chi connectivity index (χ1n) is 11.1. The van der Waals surface area contributed by atoms with Crippen molar-refractivity contribution in [2.24, 2.45) is 0 Å². The van der Waals surface area contributed by atoms with E-state index in [-0.39, 0.29) is 29.5 Å². The summed E-state index contributed by atoms with van der Waals surface area (Å²) in [6.45, 7) is 1.62. The summed E-state index contributed by atoms with van der Waals surface area (Å²) in [5, 5.41) is 23.5. The SMILES string of the molecule is C[C@@H](Oc1ccc(-c2nc(-c3ccc4c(c3)cc3n4CCC3CC(=O)O)no2)cc1C#N)C(F)(F)F. The van der Waals surface area contributed by atoms with E-state index in [0.717, 1.165) is 36.5 Å². The normalized spacial score (nSPS) is 16.0. The number of halogens is 3. The van der Waals surface area contributed by atoms with Crippen LogP contribution in [-0.2, 0) is 11.3 Å². The molecule has 0 saturated carbocycles. The van der Waals surface area contributed by atoms with Gasteiger partial charge in [-0.2, -0.15) is 23.4 Å². The first-order valence-corrected chi connectivity index (χ1v) is 11.1. The fourth-order valence-corrected chi connectivity index (χ4v) is 4.44. The van der Waals surface area contributed by atoms with E-state index in [1.807, 2.05) is 30.3 Å². The summed E-state index contributed by atoms with van der Waals surface area (Å²) in [6, 6.07) is 13.5. The molecule has 0 saturated heterocycles. The van der Waals surface area contributed by atoms with Gasteiger partial charge in [0.2, 0.25) is 5.82 Å². The van der Waals surface area contributed by atoms with Gasteiger partial charge in [0.05, 0.1) is 12.0 Å². The van der Waals surface area contributed by atoms with Crippen LogP contribution in [0, 0.1) is 11.3 Å². The molecule has 1 aliphatic heterocycles. The quantitative estimate of drug-likeness (QED) is 0.374. The van der Waals surface area contributed by atoms with Crippen molar-refractivity contribution in [3.05, 3.63) is 53.7 Å². The van der Waals surface area contributed by atoms with Gasteiger partial charge in [-0.15, -0.1) is 0 Å². The van der Waals surface area contributed by atoms with Crippen LogP contribution >= 0.6 is 0 Å². The molecule has 3 heterocycles. The van der Waals surface area contributed by atoms with Crippen molar-refractivity contribution in [2.45, 2.75) is 44.5 Å². The number of hydrogen-bond donors (Lipinski definition) is 1. The topological polar surface area (TPSA) is 114 Å². The van der Waals surface area contributed by atoms with Gasteiger partial charge in [-0.05, 0) is 55.8 Å². The Morgan fingerprint density at radius 1 is 1.28 bits per heavy atom. The van der Waals surface area contributed by atoms with Gasteiger partial charge >= 0.3 is 12.1 Å². The summed E-state index contributed by atoms with van der Waals surface area (Å²) >= 11 is 0. The van der Waals surface area contributed by atoms with Crippen molar-refractivity contribution in [3.63, 3.8) is 0 Å². The van der Waals surface area contributed by atoms with Crippen LogP contribution < -0.4 is 4.74 Å². The molecule has 1 unspecified atom stereocenters. The van der Waals surface area contributed by atoms with Gasteiger partial charge in [0.25, 0.3) is 5.89 Å². The smallest absolute Gasteiger partial charge is 0.425 e. The van der Waals surface area contributed by atoms with E-state index in [4.69, 9.17) is 9.26 Å². The van der Waals surface area contributed by atoms with Gasteiger partial charge in [-0.3, -0.25) is 4.79 Å². The number of aliphatic carboxylic acids is 1. The van der Waals surface area contributed by atoms with Crippen LogP contribution in [0.1, 0.15) is 36.9 Å². The molecule has 8 nitrogen and oxygen atoms in total. The minimum Gasteiger partial charge on any atom is -0.481 e. The third kappa shape index (κ3) is 4.26. The average Bonchev–Trinajstić information content (AvgIpc) is 3.54. The van der Waals surface area contributed by atoms with Crippen molar-refractivity contribution in [3.8, 4) is 34.7 Å². The number of carbonyl (C=O) groups is 1. The number of alkyl halides is 3. The van der Waals surface area contributed by atoms with Gasteiger partial charge < -0.3 is 18.9 Å². The summed E-state index contributed by atoms with van der Waals surface area (Å²) in [6.07, 6.45) is -5.76. The lowest BCUT2D eigenvalue weighted by molar-refractivity contribution is -0.189. The van der Waals surface area contributed by atoms with Crippen LogP contribution in [0.15, 0.2) is 47.0 Å². The average molecular weight is 496 g/mol. The zero-order valence-electron chi connectivity index (χ0n) is 18.9. The number of ether oxygens (including phenoxy) is 1. The highest BCUT2D eigenvalue weighted by Crippen LogP contribution is 2.37. The number of benzene rings is 2. The Morgan fingerprint density at radius 3 is 2.78 bits per heavy atom. The van der Waals surface area contributed by atoms with E-state index >= 15 is 0 Å². The second-order valence-electron chi connectivity index (χ2n) is 8.63. The van der Waals surface area contributed by atoms with E-state index in [1.165, 1.54) is 18.2 Å². The summed E-state index contributed by atoms with van der Waals surface area (Å²) < 4.78 is 50.9. The fourth-order valence-electron chi connectivity index (χ4n) is 4.44.